The van der Waals surface area contributed by atoms with Gasteiger partial charge in [-0.2, -0.15) is 4.98 Å². The van der Waals surface area contributed by atoms with Crippen molar-refractivity contribution in [1.29, 1.82) is 0 Å². The lowest BCUT2D eigenvalue weighted by molar-refractivity contribution is 0.352. The second kappa shape index (κ2) is 7.16. The highest BCUT2D eigenvalue weighted by atomic mass is 32.1. The fraction of sp³-hybridized carbons (Fsp3) is 0.462. The predicted octanol–water partition coefficient (Wildman–Crippen LogP) is 2.04. The summed E-state index contributed by atoms with van der Waals surface area (Å²) < 4.78 is 10.4. The van der Waals surface area contributed by atoms with E-state index >= 15 is 0 Å². The molecule has 0 radical (unpaired) electrons. The van der Waals surface area contributed by atoms with Gasteiger partial charge in [-0.05, 0) is 13.0 Å². The maximum absolute atomic E-state index is 5.33. The van der Waals surface area contributed by atoms with Gasteiger partial charge >= 0.3 is 0 Å². The maximum Gasteiger partial charge on any atom is 0.240 e. The molecular weight excluding hydrogens is 276 g/mol. The largest absolute Gasteiger partial charge is 0.480 e. The van der Waals surface area contributed by atoms with Crippen LogP contribution in [0.15, 0.2) is 17.1 Å². The van der Waals surface area contributed by atoms with E-state index in [1.54, 1.807) is 37.3 Å². The molecule has 0 aliphatic carbocycles. The first kappa shape index (κ1) is 14.7. The minimum absolute atomic E-state index is 0.130. The van der Waals surface area contributed by atoms with Gasteiger partial charge in [0, 0.05) is 5.38 Å². The maximum atomic E-state index is 5.33. The second-order valence-corrected chi connectivity index (χ2v) is 4.83. The van der Waals surface area contributed by atoms with E-state index in [0.717, 1.165) is 18.7 Å². The normalized spacial score (nSPS) is 12.2. The molecule has 0 aromatic carbocycles. The number of rotatable bonds is 7. The van der Waals surface area contributed by atoms with Gasteiger partial charge in [0.25, 0.3) is 0 Å². The Hall–Kier alpha value is -1.73. The smallest absolute Gasteiger partial charge is 0.240 e. The highest BCUT2D eigenvalue weighted by Gasteiger charge is 2.22. The Labute approximate surface area is 122 Å². The molecule has 1 atom stereocenters. The van der Waals surface area contributed by atoms with Crippen LogP contribution in [0.1, 0.15) is 30.8 Å². The predicted molar refractivity (Wildman–Crippen MR) is 77.4 cm³/mol. The van der Waals surface area contributed by atoms with Gasteiger partial charge in [0.1, 0.15) is 5.69 Å². The van der Waals surface area contributed by atoms with Gasteiger partial charge in [0.2, 0.25) is 11.8 Å². The molecule has 2 aromatic heterocycles. The lowest BCUT2D eigenvalue weighted by atomic mass is 10.1. The van der Waals surface area contributed by atoms with Crippen LogP contribution in [0.5, 0.6) is 11.8 Å². The molecule has 0 aliphatic rings. The van der Waals surface area contributed by atoms with Crippen LogP contribution in [0.4, 0.5) is 0 Å². The lowest BCUT2D eigenvalue weighted by Crippen LogP contribution is -2.25. The van der Waals surface area contributed by atoms with Gasteiger partial charge in [-0.15, -0.1) is 11.3 Å². The molecule has 0 aliphatic heterocycles. The molecule has 0 saturated carbocycles. The van der Waals surface area contributed by atoms with E-state index in [-0.39, 0.29) is 6.04 Å². The molecule has 2 heterocycles. The fourth-order valence-corrected chi connectivity index (χ4v) is 2.39. The first-order chi connectivity index (χ1) is 9.80. The van der Waals surface area contributed by atoms with Gasteiger partial charge in [-0.1, -0.05) is 6.92 Å². The van der Waals surface area contributed by atoms with Gasteiger partial charge in [-0.25, -0.2) is 9.97 Å². The van der Waals surface area contributed by atoms with Gasteiger partial charge in [0.15, 0.2) is 0 Å². The van der Waals surface area contributed by atoms with Gasteiger partial charge < -0.3 is 14.8 Å². The van der Waals surface area contributed by atoms with Crippen LogP contribution < -0.4 is 14.8 Å². The van der Waals surface area contributed by atoms with Crippen LogP contribution >= 0.6 is 11.3 Å². The minimum Gasteiger partial charge on any atom is -0.480 e. The van der Waals surface area contributed by atoms with Crippen LogP contribution in [0.2, 0.25) is 0 Å². The molecule has 7 heteroatoms. The number of thiazole rings is 1. The first-order valence-corrected chi connectivity index (χ1v) is 7.30. The van der Waals surface area contributed by atoms with E-state index in [9.17, 15) is 0 Å². The molecule has 20 heavy (non-hydrogen) atoms. The summed E-state index contributed by atoms with van der Waals surface area (Å²) in [5.41, 5.74) is 3.44. The Morgan fingerprint density at radius 3 is 2.75 bits per heavy atom. The summed E-state index contributed by atoms with van der Waals surface area (Å²) in [5.74, 6) is 0.879. The number of aromatic nitrogens is 3. The van der Waals surface area contributed by atoms with Crippen LogP contribution in [-0.4, -0.2) is 35.7 Å². The fourth-order valence-electron chi connectivity index (χ4n) is 1.81. The Morgan fingerprint density at radius 2 is 2.15 bits per heavy atom. The van der Waals surface area contributed by atoms with Crippen molar-refractivity contribution in [3.63, 3.8) is 0 Å². The van der Waals surface area contributed by atoms with Gasteiger partial charge in [0.05, 0.1) is 37.7 Å². The van der Waals surface area contributed by atoms with Crippen molar-refractivity contribution in [2.24, 2.45) is 0 Å². The van der Waals surface area contributed by atoms with Crippen molar-refractivity contribution >= 4 is 11.3 Å². The Balaban J connectivity index is 2.37. The number of ether oxygens (including phenoxy) is 2. The number of methoxy groups -OCH3 is 2. The quantitative estimate of drug-likeness (QED) is 0.842. The van der Waals surface area contributed by atoms with E-state index in [0.29, 0.717) is 17.5 Å². The molecule has 0 fully saturated rings. The third kappa shape index (κ3) is 3.23. The summed E-state index contributed by atoms with van der Waals surface area (Å²) in [6.45, 7) is 2.97. The van der Waals surface area contributed by atoms with Crippen molar-refractivity contribution in [3.05, 3.63) is 28.5 Å². The standard InChI is InChI=1S/C13H18N4O2S/c1-4-5-14-11(9-7-20-8-16-9)12-13(19-3)17-10(18-2)6-15-12/h6-8,11,14H,4-5H2,1-3H3. The van der Waals surface area contributed by atoms with Crippen LogP contribution in [0, 0.1) is 0 Å². The number of hydrogen-bond donors (Lipinski definition) is 1. The molecule has 6 nitrogen and oxygen atoms in total. The number of nitrogens with zero attached hydrogens (tertiary/aromatic N) is 3. The van der Waals surface area contributed by atoms with Crippen molar-refractivity contribution < 1.29 is 9.47 Å². The number of hydrogen-bond acceptors (Lipinski definition) is 7. The van der Waals surface area contributed by atoms with E-state index in [2.05, 4.69) is 27.2 Å². The molecule has 0 spiro atoms. The van der Waals surface area contributed by atoms with E-state index in [1.165, 1.54) is 0 Å². The van der Waals surface area contributed by atoms with Crippen molar-refractivity contribution in [1.82, 2.24) is 20.3 Å². The van der Waals surface area contributed by atoms with E-state index < -0.39 is 0 Å². The second-order valence-electron chi connectivity index (χ2n) is 4.11. The average molecular weight is 294 g/mol. The summed E-state index contributed by atoms with van der Waals surface area (Å²) in [6.07, 6.45) is 2.61. The minimum atomic E-state index is -0.130. The Bertz CT molecular complexity index is 533. The summed E-state index contributed by atoms with van der Waals surface area (Å²) in [7, 11) is 3.13. The molecule has 0 bridgehead atoms. The molecular formula is C13H18N4O2S. The highest BCUT2D eigenvalue weighted by molar-refractivity contribution is 7.07. The van der Waals surface area contributed by atoms with Crippen molar-refractivity contribution in [2.45, 2.75) is 19.4 Å². The third-order valence-electron chi connectivity index (χ3n) is 2.77. The average Bonchev–Trinajstić information content (AvgIpc) is 3.02. The molecule has 1 N–H and O–H groups in total. The number of nitrogens with one attached hydrogen (secondary N) is 1. The third-order valence-corrected chi connectivity index (χ3v) is 3.37. The van der Waals surface area contributed by atoms with Crippen molar-refractivity contribution in [3.8, 4) is 11.8 Å². The zero-order valence-electron chi connectivity index (χ0n) is 11.8. The highest BCUT2D eigenvalue weighted by Crippen LogP contribution is 2.28. The monoisotopic (exact) mass is 294 g/mol. The van der Waals surface area contributed by atoms with E-state index in [1.807, 2.05) is 5.38 Å². The molecule has 108 valence electrons. The molecule has 0 amide bonds. The topological polar surface area (TPSA) is 69.2 Å². The molecule has 0 saturated heterocycles. The van der Waals surface area contributed by atoms with Crippen LogP contribution in [-0.2, 0) is 0 Å². The van der Waals surface area contributed by atoms with Crippen molar-refractivity contribution in [2.75, 3.05) is 20.8 Å². The van der Waals surface area contributed by atoms with Gasteiger partial charge in [-0.3, -0.25) is 0 Å². The SMILES string of the molecule is CCCNC(c1cscn1)c1ncc(OC)nc1OC. The Morgan fingerprint density at radius 1 is 1.30 bits per heavy atom. The zero-order chi connectivity index (χ0) is 14.4. The molecule has 2 rings (SSSR count). The first-order valence-electron chi connectivity index (χ1n) is 6.36. The summed E-state index contributed by atoms with van der Waals surface area (Å²) >= 11 is 1.55. The zero-order valence-corrected chi connectivity index (χ0v) is 12.6. The molecule has 2 aromatic rings. The van der Waals surface area contributed by atoms with E-state index in [4.69, 9.17) is 9.47 Å². The Kier molecular flexibility index (Phi) is 5.25. The molecule has 1 unspecified atom stereocenters. The van der Waals surface area contributed by atoms with Crippen LogP contribution in [0.25, 0.3) is 0 Å². The summed E-state index contributed by atoms with van der Waals surface area (Å²) in [4.78, 5) is 13.1. The lowest BCUT2D eigenvalue weighted by Gasteiger charge is -2.18. The summed E-state index contributed by atoms with van der Waals surface area (Å²) in [5, 5.41) is 5.42. The summed E-state index contributed by atoms with van der Waals surface area (Å²) in [6, 6.07) is -0.130. The van der Waals surface area contributed by atoms with Crippen LogP contribution in [0.3, 0.4) is 0 Å².